The predicted octanol–water partition coefficient (Wildman–Crippen LogP) is 0.810. The Morgan fingerprint density at radius 2 is 2.20 bits per heavy atom. The monoisotopic (exact) mass is 200 g/mol. The molecule has 0 aliphatic carbocycles. The van der Waals surface area contributed by atoms with Crippen molar-refractivity contribution in [3.8, 4) is 0 Å². The Bertz CT molecular complexity index is 710. The maximum absolute atomic E-state index is 11.6. The zero-order valence-electron chi connectivity index (χ0n) is 8.06. The lowest BCUT2D eigenvalue weighted by Gasteiger charge is -1.94. The van der Waals surface area contributed by atoms with Gasteiger partial charge >= 0.3 is 0 Å². The predicted molar refractivity (Wildman–Crippen MR) is 56.6 cm³/mol. The smallest absolute Gasteiger partial charge is 0.288 e. The Labute approximate surface area is 84.4 Å². The zero-order chi connectivity index (χ0) is 10.4. The van der Waals surface area contributed by atoms with Crippen molar-refractivity contribution in [3.63, 3.8) is 0 Å². The Hall–Kier alpha value is -2.17. The number of hydrogen-bond donors (Lipinski definition) is 1. The van der Waals surface area contributed by atoms with Gasteiger partial charge in [0.15, 0.2) is 0 Å². The molecular weight excluding hydrogens is 192 g/mol. The molecule has 3 aromatic heterocycles. The largest absolute Gasteiger partial charge is 0.338 e. The molecule has 0 aliphatic heterocycles. The summed E-state index contributed by atoms with van der Waals surface area (Å²) in [6, 6.07) is 1.89. The van der Waals surface area contributed by atoms with E-state index >= 15 is 0 Å². The molecule has 0 amide bonds. The molecule has 0 unspecified atom stereocenters. The Balaban J connectivity index is 2.76. The first kappa shape index (κ1) is 8.16. The lowest BCUT2D eigenvalue weighted by molar-refractivity contribution is 0.956. The normalized spacial score (nSPS) is 11.3. The van der Waals surface area contributed by atoms with E-state index < -0.39 is 0 Å². The number of nitrogens with one attached hydrogen (secondary N) is 1. The third kappa shape index (κ3) is 0.942. The average molecular weight is 200 g/mol. The van der Waals surface area contributed by atoms with Crippen molar-refractivity contribution in [2.45, 2.75) is 0 Å². The summed E-state index contributed by atoms with van der Waals surface area (Å²) in [5.41, 5.74) is 1.39. The molecule has 0 spiro atoms. The highest BCUT2D eigenvalue weighted by molar-refractivity contribution is 6.06. The zero-order valence-corrected chi connectivity index (χ0v) is 8.06. The van der Waals surface area contributed by atoms with Gasteiger partial charge in [0, 0.05) is 24.0 Å². The fraction of sp³-hybridized carbons (Fsp3) is 0.100. The number of aryl methyl sites for hydroxylation is 1. The standard InChI is InChI=1S/C10H8N4O/c1-14-8-5-11-3-2-6(8)7-4-12-13-10(15)9(7)14/h2-5H,1H3,(H,13,15). The lowest BCUT2D eigenvalue weighted by Crippen LogP contribution is -2.10. The van der Waals surface area contributed by atoms with Crippen molar-refractivity contribution in [1.29, 1.82) is 0 Å². The van der Waals surface area contributed by atoms with Gasteiger partial charge in [-0.05, 0) is 6.07 Å². The van der Waals surface area contributed by atoms with Gasteiger partial charge in [-0.3, -0.25) is 9.78 Å². The number of aromatic amines is 1. The second-order valence-corrected chi connectivity index (χ2v) is 3.41. The fourth-order valence-electron chi connectivity index (χ4n) is 1.92. The highest BCUT2D eigenvalue weighted by Crippen LogP contribution is 2.23. The van der Waals surface area contributed by atoms with Gasteiger partial charge in [-0.15, -0.1) is 0 Å². The molecule has 0 saturated carbocycles. The fourth-order valence-corrected chi connectivity index (χ4v) is 1.92. The van der Waals surface area contributed by atoms with Crippen LogP contribution in [0.3, 0.4) is 0 Å². The van der Waals surface area contributed by atoms with Crippen LogP contribution in [0.2, 0.25) is 0 Å². The van der Waals surface area contributed by atoms with E-state index in [-0.39, 0.29) is 5.56 Å². The number of aromatic nitrogens is 4. The molecule has 0 saturated heterocycles. The van der Waals surface area contributed by atoms with Crippen LogP contribution in [0.4, 0.5) is 0 Å². The van der Waals surface area contributed by atoms with Crippen molar-refractivity contribution >= 4 is 21.8 Å². The summed E-state index contributed by atoms with van der Waals surface area (Å²) < 4.78 is 1.83. The molecule has 0 aromatic carbocycles. The van der Waals surface area contributed by atoms with Crippen molar-refractivity contribution in [1.82, 2.24) is 19.7 Å². The molecule has 0 bridgehead atoms. The topological polar surface area (TPSA) is 63.6 Å². The summed E-state index contributed by atoms with van der Waals surface area (Å²) in [6.07, 6.45) is 5.12. The molecule has 0 fully saturated rings. The van der Waals surface area contributed by atoms with Crippen LogP contribution in [0.1, 0.15) is 0 Å². The minimum atomic E-state index is -0.175. The van der Waals surface area contributed by atoms with E-state index in [9.17, 15) is 4.79 Å². The van der Waals surface area contributed by atoms with E-state index in [1.807, 2.05) is 17.7 Å². The number of pyridine rings is 1. The molecule has 5 heteroatoms. The van der Waals surface area contributed by atoms with Crippen LogP contribution < -0.4 is 5.56 Å². The van der Waals surface area contributed by atoms with Crippen molar-refractivity contribution < 1.29 is 0 Å². The average Bonchev–Trinajstić information content (AvgIpc) is 2.55. The Morgan fingerprint density at radius 3 is 3.07 bits per heavy atom. The van der Waals surface area contributed by atoms with Gasteiger partial charge in [0.1, 0.15) is 5.52 Å². The minimum Gasteiger partial charge on any atom is -0.338 e. The maximum atomic E-state index is 11.6. The summed E-state index contributed by atoms with van der Waals surface area (Å²) in [5.74, 6) is 0. The number of nitrogens with zero attached hydrogens (tertiary/aromatic N) is 3. The highest BCUT2D eigenvalue weighted by atomic mass is 16.1. The second kappa shape index (κ2) is 2.66. The third-order valence-electron chi connectivity index (χ3n) is 2.62. The second-order valence-electron chi connectivity index (χ2n) is 3.41. The summed E-state index contributed by atoms with van der Waals surface area (Å²) in [7, 11) is 1.85. The molecule has 3 aromatic rings. The SMILES string of the molecule is Cn1c2cnccc2c2cn[nH]c(=O)c21. The minimum absolute atomic E-state index is 0.175. The van der Waals surface area contributed by atoms with E-state index in [2.05, 4.69) is 15.2 Å². The van der Waals surface area contributed by atoms with Crippen molar-refractivity contribution in [2.75, 3.05) is 0 Å². The van der Waals surface area contributed by atoms with Gasteiger partial charge in [0.25, 0.3) is 5.56 Å². The lowest BCUT2D eigenvalue weighted by atomic mass is 10.2. The van der Waals surface area contributed by atoms with Crippen LogP contribution >= 0.6 is 0 Å². The molecule has 15 heavy (non-hydrogen) atoms. The van der Waals surface area contributed by atoms with Crippen LogP contribution in [0, 0.1) is 0 Å². The summed E-state index contributed by atoms with van der Waals surface area (Å²) in [4.78, 5) is 15.7. The number of hydrogen-bond acceptors (Lipinski definition) is 3. The maximum Gasteiger partial charge on any atom is 0.288 e. The van der Waals surface area contributed by atoms with Gasteiger partial charge in [-0.25, -0.2) is 5.10 Å². The van der Waals surface area contributed by atoms with Crippen molar-refractivity contribution in [2.24, 2.45) is 7.05 Å². The third-order valence-corrected chi connectivity index (χ3v) is 2.62. The molecule has 5 nitrogen and oxygen atoms in total. The van der Waals surface area contributed by atoms with E-state index in [1.54, 1.807) is 18.6 Å². The molecular formula is C10H8N4O. The highest BCUT2D eigenvalue weighted by Gasteiger charge is 2.10. The first-order valence-electron chi connectivity index (χ1n) is 4.55. The van der Waals surface area contributed by atoms with E-state index in [0.717, 1.165) is 16.3 Å². The van der Waals surface area contributed by atoms with Gasteiger partial charge < -0.3 is 4.57 Å². The van der Waals surface area contributed by atoms with Gasteiger partial charge in [-0.1, -0.05) is 0 Å². The van der Waals surface area contributed by atoms with Crippen LogP contribution in [0.15, 0.2) is 29.5 Å². The number of rotatable bonds is 0. The Morgan fingerprint density at radius 1 is 1.33 bits per heavy atom. The van der Waals surface area contributed by atoms with Gasteiger partial charge in [0.2, 0.25) is 0 Å². The van der Waals surface area contributed by atoms with E-state index in [0.29, 0.717) is 5.52 Å². The molecule has 0 aliphatic rings. The van der Waals surface area contributed by atoms with E-state index in [4.69, 9.17) is 0 Å². The molecule has 3 rings (SSSR count). The molecule has 1 N–H and O–H groups in total. The number of fused-ring (bicyclic) bond motifs is 3. The van der Waals surface area contributed by atoms with Crippen molar-refractivity contribution in [3.05, 3.63) is 35.0 Å². The van der Waals surface area contributed by atoms with E-state index in [1.165, 1.54) is 0 Å². The van der Waals surface area contributed by atoms with Crippen LogP contribution in [-0.2, 0) is 7.05 Å². The van der Waals surface area contributed by atoms with Crippen LogP contribution in [0.5, 0.6) is 0 Å². The van der Waals surface area contributed by atoms with Gasteiger partial charge in [0.05, 0.1) is 17.9 Å². The van der Waals surface area contributed by atoms with Crippen LogP contribution in [0.25, 0.3) is 21.8 Å². The molecule has 0 atom stereocenters. The van der Waals surface area contributed by atoms with Gasteiger partial charge in [-0.2, -0.15) is 5.10 Å². The quantitative estimate of drug-likeness (QED) is 0.584. The Kier molecular flexibility index (Phi) is 1.45. The summed E-state index contributed by atoms with van der Waals surface area (Å²) in [6.45, 7) is 0. The first-order chi connectivity index (χ1) is 7.29. The summed E-state index contributed by atoms with van der Waals surface area (Å²) in [5, 5.41) is 8.09. The molecule has 74 valence electrons. The summed E-state index contributed by atoms with van der Waals surface area (Å²) >= 11 is 0. The molecule has 0 radical (unpaired) electrons. The van der Waals surface area contributed by atoms with Crippen LogP contribution in [-0.4, -0.2) is 19.7 Å². The first-order valence-corrected chi connectivity index (χ1v) is 4.55. The molecule has 3 heterocycles. The number of H-pyrrole nitrogens is 1.